The molecule has 0 saturated carbocycles. The smallest absolute Gasteiger partial charge is 0.268 e. The Morgan fingerprint density at radius 3 is 1.25 bits per heavy atom. The second-order valence-electron chi connectivity index (χ2n) is 19.9. The molecule has 0 heterocycles. The fourth-order valence-corrected chi connectivity index (χ4v) is 8.61. The van der Waals surface area contributed by atoms with E-state index in [4.69, 9.17) is 9.05 Å². The highest BCUT2D eigenvalue weighted by molar-refractivity contribution is 7.45. The zero-order valence-electron chi connectivity index (χ0n) is 43.4. The monoisotopic (exact) mass is 935 g/mol. The van der Waals surface area contributed by atoms with E-state index in [1.807, 2.05) is 27.2 Å². The lowest BCUT2D eigenvalue weighted by atomic mass is 10.0. The largest absolute Gasteiger partial charge is 0.756 e. The van der Waals surface area contributed by atoms with Crippen LogP contribution in [0.4, 0.5) is 0 Å². The third-order valence-corrected chi connectivity index (χ3v) is 13.2. The SMILES string of the molecule is CCCCCCCCCCCC/C=C\CCCCCCCCCC(=O)NC(COP(=O)([O-])OCC[N+](C)(C)C)C(O)/C=C/CC/C=C/CC/C=C/CCCCCCCCCCCCCC. The van der Waals surface area contributed by atoms with Gasteiger partial charge in [0.15, 0.2) is 0 Å². The number of amides is 1. The Bertz CT molecular complexity index is 1200. The number of hydrogen-bond acceptors (Lipinski definition) is 6. The number of quaternary nitrogens is 1. The van der Waals surface area contributed by atoms with Crippen LogP contribution in [0.2, 0.25) is 0 Å². The highest BCUT2D eigenvalue weighted by Gasteiger charge is 2.23. The molecule has 0 fully saturated rings. The predicted molar refractivity (Wildman–Crippen MR) is 279 cm³/mol. The van der Waals surface area contributed by atoms with E-state index in [0.717, 1.165) is 44.9 Å². The van der Waals surface area contributed by atoms with Gasteiger partial charge < -0.3 is 28.8 Å². The van der Waals surface area contributed by atoms with Crippen LogP contribution in [0.1, 0.15) is 251 Å². The number of carbonyl (C=O) groups is 1. The van der Waals surface area contributed by atoms with Gasteiger partial charge in [-0.1, -0.05) is 223 Å². The van der Waals surface area contributed by atoms with Gasteiger partial charge in [-0.25, -0.2) is 0 Å². The van der Waals surface area contributed by atoms with Gasteiger partial charge in [0.05, 0.1) is 39.9 Å². The molecule has 8 nitrogen and oxygen atoms in total. The fraction of sp³-hybridized carbons (Fsp3) is 0.839. The molecule has 0 rings (SSSR count). The van der Waals surface area contributed by atoms with Gasteiger partial charge in [-0.2, -0.15) is 0 Å². The van der Waals surface area contributed by atoms with E-state index < -0.39 is 26.6 Å². The molecule has 2 N–H and O–H groups in total. The minimum atomic E-state index is -4.61. The first-order chi connectivity index (χ1) is 31.5. The summed E-state index contributed by atoms with van der Waals surface area (Å²) in [6.45, 7) is 4.64. The number of rotatable bonds is 50. The number of hydrogen-bond donors (Lipinski definition) is 2. The summed E-state index contributed by atoms with van der Waals surface area (Å²) < 4.78 is 23.3. The fourth-order valence-electron chi connectivity index (χ4n) is 7.89. The summed E-state index contributed by atoms with van der Waals surface area (Å²) in [5, 5.41) is 13.8. The van der Waals surface area contributed by atoms with Crippen LogP contribution in [-0.4, -0.2) is 68.5 Å². The molecular formula is C56H107N2O6P. The molecule has 3 unspecified atom stereocenters. The van der Waals surface area contributed by atoms with Crippen molar-refractivity contribution in [3.63, 3.8) is 0 Å². The number of phosphoric ester groups is 1. The molecule has 3 atom stereocenters. The average molecular weight is 935 g/mol. The van der Waals surface area contributed by atoms with Crippen molar-refractivity contribution in [3.05, 3.63) is 48.6 Å². The number of nitrogens with one attached hydrogen (secondary N) is 1. The number of unbranched alkanes of at least 4 members (excludes halogenated alkanes) is 31. The molecule has 0 bridgehead atoms. The highest BCUT2D eigenvalue weighted by Crippen LogP contribution is 2.38. The van der Waals surface area contributed by atoms with E-state index in [-0.39, 0.29) is 12.5 Å². The molecule has 0 aromatic rings. The number of aliphatic hydroxyl groups excluding tert-OH is 1. The van der Waals surface area contributed by atoms with Crippen molar-refractivity contribution >= 4 is 13.7 Å². The first kappa shape index (κ1) is 63.5. The maximum Gasteiger partial charge on any atom is 0.268 e. The second kappa shape index (κ2) is 47.5. The topological polar surface area (TPSA) is 108 Å². The highest BCUT2D eigenvalue weighted by atomic mass is 31.2. The molecular weight excluding hydrogens is 828 g/mol. The third kappa shape index (κ3) is 50.2. The quantitative estimate of drug-likeness (QED) is 0.0272. The van der Waals surface area contributed by atoms with Crippen molar-refractivity contribution in [1.82, 2.24) is 5.32 Å². The van der Waals surface area contributed by atoms with E-state index in [9.17, 15) is 19.4 Å². The van der Waals surface area contributed by atoms with Gasteiger partial charge in [0.1, 0.15) is 13.2 Å². The molecule has 0 aliphatic rings. The maximum absolute atomic E-state index is 12.9. The summed E-state index contributed by atoms with van der Waals surface area (Å²) in [6, 6.07) is -0.913. The molecule has 9 heteroatoms. The maximum atomic E-state index is 12.9. The summed E-state index contributed by atoms with van der Waals surface area (Å²) in [5.41, 5.74) is 0. The normalized spacial score (nSPS) is 14.4. The van der Waals surface area contributed by atoms with Crippen molar-refractivity contribution in [2.24, 2.45) is 0 Å². The van der Waals surface area contributed by atoms with Gasteiger partial charge in [-0.3, -0.25) is 9.36 Å². The number of nitrogens with zero attached hydrogens (tertiary/aromatic N) is 1. The molecule has 0 spiro atoms. The van der Waals surface area contributed by atoms with Crippen LogP contribution < -0.4 is 10.2 Å². The van der Waals surface area contributed by atoms with Crippen molar-refractivity contribution < 1.29 is 32.9 Å². The lowest BCUT2D eigenvalue weighted by Gasteiger charge is -2.29. The lowest BCUT2D eigenvalue weighted by molar-refractivity contribution is -0.870. The van der Waals surface area contributed by atoms with E-state index in [0.29, 0.717) is 17.4 Å². The van der Waals surface area contributed by atoms with Crippen LogP contribution in [0, 0.1) is 0 Å². The first-order valence-electron chi connectivity index (χ1n) is 27.5. The van der Waals surface area contributed by atoms with Crippen LogP contribution in [0.5, 0.6) is 0 Å². The van der Waals surface area contributed by atoms with Crippen molar-refractivity contribution in [3.8, 4) is 0 Å². The molecule has 0 saturated heterocycles. The summed E-state index contributed by atoms with van der Waals surface area (Å²) in [4.78, 5) is 25.4. The Labute approximate surface area is 403 Å². The molecule has 1 amide bonds. The zero-order valence-corrected chi connectivity index (χ0v) is 44.3. The van der Waals surface area contributed by atoms with Gasteiger partial charge >= 0.3 is 0 Å². The number of likely N-dealkylation sites (N-methyl/N-ethyl adjacent to an activating group) is 1. The van der Waals surface area contributed by atoms with Crippen LogP contribution in [0.25, 0.3) is 0 Å². The van der Waals surface area contributed by atoms with Crippen LogP contribution in [0.3, 0.4) is 0 Å². The molecule has 65 heavy (non-hydrogen) atoms. The Balaban J connectivity index is 4.34. The average Bonchev–Trinajstić information content (AvgIpc) is 3.26. The third-order valence-electron chi connectivity index (χ3n) is 12.2. The Morgan fingerprint density at radius 2 is 0.862 bits per heavy atom. The van der Waals surface area contributed by atoms with Gasteiger partial charge in [0.2, 0.25) is 5.91 Å². The Hall–Kier alpha value is -1.54. The van der Waals surface area contributed by atoms with Crippen LogP contribution >= 0.6 is 7.82 Å². The summed E-state index contributed by atoms with van der Waals surface area (Å²) in [7, 11) is 1.23. The summed E-state index contributed by atoms with van der Waals surface area (Å²) >= 11 is 0. The van der Waals surface area contributed by atoms with Crippen molar-refractivity contribution in [1.29, 1.82) is 0 Å². The van der Waals surface area contributed by atoms with Gasteiger partial charge in [0.25, 0.3) is 7.82 Å². The van der Waals surface area contributed by atoms with E-state index >= 15 is 0 Å². The Morgan fingerprint density at radius 1 is 0.523 bits per heavy atom. The van der Waals surface area contributed by atoms with Gasteiger partial charge in [0, 0.05) is 6.42 Å². The summed E-state index contributed by atoms with van der Waals surface area (Å²) in [5.74, 6) is -0.214. The molecule has 0 aromatic carbocycles. The number of phosphoric acid groups is 1. The van der Waals surface area contributed by atoms with E-state index in [1.165, 1.54) is 186 Å². The first-order valence-corrected chi connectivity index (χ1v) is 29.0. The number of carbonyl (C=O) groups excluding carboxylic acids is 1. The van der Waals surface area contributed by atoms with E-state index in [1.54, 1.807) is 6.08 Å². The predicted octanol–water partition coefficient (Wildman–Crippen LogP) is 15.7. The van der Waals surface area contributed by atoms with Crippen molar-refractivity contribution in [2.75, 3.05) is 40.9 Å². The van der Waals surface area contributed by atoms with Gasteiger partial charge in [-0.05, 0) is 70.6 Å². The lowest BCUT2D eigenvalue weighted by Crippen LogP contribution is -2.45. The molecule has 0 radical (unpaired) electrons. The molecule has 0 aliphatic carbocycles. The standard InChI is InChI=1S/C56H107N2O6P/c1-6-8-10-12-14-16-18-20-22-24-26-28-30-31-33-35-37-39-41-43-45-47-49-55(59)54(53-64-65(61,62)63-52-51-58(3,4)5)57-56(60)50-48-46-44-42-40-38-36-34-32-29-27-25-23-21-19-17-15-13-11-9-7-2/h29,31-33,39,41,47,49,54-55,59H,6-28,30,34-38,40,42-46,48,50-53H2,1-5H3,(H-,57,60,61,62)/b32-29-,33-31+,41-39+,49-47+. The van der Waals surface area contributed by atoms with Crippen molar-refractivity contribution in [2.45, 2.75) is 264 Å². The molecule has 0 aromatic heterocycles. The number of aliphatic hydroxyl groups is 1. The van der Waals surface area contributed by atoms with Crippen LogP contribution in [-0.2, 0) is 18.4 Å². The van der Waals surface area contributed by atoms with Crippen LogP contribution in [0.15, 0.2) is 48.6 Å². The van der Waals surface area contributed by atoms with Gasteiger partial charge in [-0.15, -0.1) is 0 Å². The summed E-state index contributed by atoms with van der Waals surface area (Å²) in [6.07, 6.45) is 61.8. The molecule has 0 aliphatic heterocycles. The zero-order chi connectivity index (χ0) is 47.8. The minimum absolute atomic E-state index is 0.0104. The second-order valence-corrected chi connectivity index (χ2v) is 21.3. The van der Waals surface area contributed by atoms with E-state index in [2.05, 4.69) is 55.6 Å². The minimum Gasteiger partial charge on any atom is -0.756 e. The molecule has 382 valence electrons. The Kier molecular flexibility index (Phi) is 46.4. The number of allylic oxidation sites excluding steroid dienone is 7.